The second-order valence-electron chi connectivity index (χ2n) is 3.87. The molecule has 100 valence electrons. The standard InChI is InChI=1S/C12H6Cl3N5/c13-7-1-2-10(20-5-11(15)18-19-20)8(3-7)12-9(14)4-16-6-17-12/h1-6H. The van der Waals surface area contributed by atoms with Crippen molar-refractivity contribution < 1.29 is 0 Å². The summed E-state index contributed by atoms with van der Waals surface area (Å²) in [6, 6.07) is 5.28. The number of halogens is 3. The molecule has 3 rings (SSSR count). The van der Waals surface area contributed by atoms with Crippen LogP contribution < -0.4 is 0 Å². The zero-order chi connectivity index (χ0) is 14.1. The first-order valence-corrected chi connectivity index (χ1v) is 6.62. The Hall–Kier alpha value is -1.69. The number of hydrogen-bond donors (Lipinski definition) is 0. The molecule has 1 aromatic carbocycles. The van der Waals surface area contributed by atoms with E-state index in [0.29, 0.717) is 26.5 Å². The van der Waals surface area contributed by atoms with Crippen LogP contribution in [0.1, 0.15) is 0 Å². The Labute approximate surface area is 129 Å². The largest absolute Gasteiger partial charge is 0.243 e. The lowest BCUT2D eigenvalue weighted by molar-refractivity contribution is 0.804. The van der Waals surface area contributed by atoms with E-state index in [0.717, 1.165) is 5.69 Å². The van der Waals surface area contributed by atoms with Crippen molar-refractivity contribution in [1.29, 1.82) is 0 Å². The van der Waals surface area contributed by atoms with Gasteiger partial charge in [-0.1, -0.05) is 40.0 Å². The van der Waals surface area contributed by atoms with Crippen molar-refractivity contribution in [3.05, 3.63) is 52.1 Å². The lowest BCUT2D eigenvalue weighted by atomic mass is 10.1. The van der Waals surface area contributed by atoms with Crippen LogP contribution in [0.2, 0.25) is 15.2 Å². The van der Waals surface area contributed by atoms with Crippen LogP contribution in [0.3, 0.4) is 0 Å². The highest BCUT2D eigenvalue weighted by Gasteiger charge is 2.13. The highest BCUT2D eigenvalue weighted by molar-refractivity contribution is 6.33. The van der Waals surface area contributed by atoms with E-state index in [4.69, 9.17) is 34.8 Å². The molecule has 0 unspecified atom stereocenters. The molecule has 0 saturated heterocycles. The molecular formula is C12H6Cl3N5. The van der Waals surface area contributed by atoms with Crippen LogP contribution in [0.4, 0.5) is 0 Å². The van der Waals surface area contributed by atoms with Crippen LogP contribution in [0.5, 0.6) is 0 Å². The maximum absolute atomic E-state index is 6.14. The summed E-state index contributed by atoms with van der Waals surface area (Å²) in [6.45, 7) is 0. The van der Waals surface area contributed by atoms with Crippen molar-refractivity contribution in [3.63, 3.8) is 0 Å². The number of rotatable bonds is 2. The fourth-order valence-electron chi connectivity index (χ4n) is 1.77. The van der Waals surface area contributed by atoms with Gasteiger partial charge in [0, 0.05) is 16.8 Å². The fourth-order valence-corrected chi connectivity index (χ4v) is 2.28. The topological polar surface area (TPSA) is 56.5 Å². The summed E-state index contributed by atoms with van der Waals surface area (Å²) in [7, 11) is 0. The SMILES string of the molecule is Clc1ccc(-n2cc(Cl)nn2)c(-c2ncncc2Cl)c1. The summed E-state index contributed by atoms with van der Waals surface area (Å²) >= 11 is 18.0. The summed E-state index contributed by atoms with van der Waals surface area (Å²) in [5, 5.41) is 8.96. The first-order chi connectivity index (χ1) is 9.65. The van der Waals surface area contributed by atoms with Gasteiger partial charge in [0.2, 0.25) is 0 Å². The van der Waals surface area contributed by atoms with Crippen molar-refractivity contribution >= 4 is 34.8 Å². The molecule has 0 aliphatic heterocycles. The van der Waals surface area contributed by atoms with Crippen LogP contribution in [-0.2, 0) is 0 Å². The Kier molecular flexibility index (Phi) is 3.56. The second kappa shape index (κ2) is 5.36. The van der Waals surface area contributed by atoms with E-state index in [-0.39, 0.29) is 0 Å². The fraction of sp³-hybridized carbons (Fsp3) is 0. The van der Waals surface area contributed by atoms with Crippen LogP contribution in [0.15, 0.2) is 36.9 Å². The van der Waals surface area contributed by atoms with Gasteiger partial charge in [0.05, 0.1) is 22.6 Å². The molecule has 0 fully saturated rings. The van der Waals surface area contributed by atoms with E-state index < -0.39 is 0 Å². The summed E-state index contributed by atoms with van der Waals surface area (Å²) in [5.74, 6) is 0. The number of aromatic nitrogens is 5. The summed E-state index contributed by atoms with van der Waals surface area (Å²) in [6.07, 6.45) is 4.52. The monoisotopic (exact) mass is 325 g/mol. The van der Waals surface area contributed by atoms with Gasteiger partial charge in [0.25, 0.3) is 0 Å². The van der Waals surface area contributed by atoms with Crippen molar-refractivity contribution in [3.8, 4) is 16.9 Å². The molecular weight excluding hydrogens is 321 g/mol. The molecule has 0 atom stereocenters. The van der Waals surface area contributed by atoms with Gasteiger partial charge in [-0.25, -0.2) is 14.6 Å². The predicted octanol–water partition coefficient (Wildman–Crippen LogP) is 3.68. The molecule has 0 spiro atoms. The molecule has 3 aromatic rings. The second-order valence-corrected chi connectivity index (χ2v) is 5.10. The van der Waals surface area contributed by atoms with E-state index in [1.54, 1.807) is 24.4 Å². The lowest BCUT2D eigenvalue weighted by Crippen LogP contribution is -1.99. The third-order valence-electron chi connectivity index (χ3n) is 2.59. The number of benzene rings is 1. The van der Waals surface area contributed by atoms with Gasteiger partial charge in [-0.05, 0) is 18.2 Å². The van der Waals surface area contributed by atoms with E-state index >= 15 is 0 Å². The molecule has 0 radical (unpaired) electrons. The van der Waals surface area contributed by atoms with Crippen LogP contribution in [-0.4, -0.2) is 25.0 Å². The van der Waals surface area contributed by atoms with Gasteiger partial charge in [0.1, 0.15) is 6.33 Å². The Bertz CT molecular complexity index is 771. The quantitative estimate of drug-likeness (QED) is 0.721. The van der Waals surface area contributed by atoms with Crippen LogP contribution in [0.25, 0.3) is 16.9 Å². The van der Waals surface area contributed by atoms with Crippen molar-refractivity contribution in [2.75, 3.05) is 0 Å². The molecule has 0 aliphatic rings. The third-order valence-corrected chi connectivity index (χ3v) is 3.28. The minimum absolute atomic E-state index is 0.291. The summed E-state index contributed by atoms with van der Waals surface area (Å²) in [4.78, 5) is 8.05. The smallest absolute Gasteiger partial charge is 0.171 e. The van der Waals surface area contributed by atoms with Gasteiger partial charge >= 0.3 is 0 Å². The van der Waals surface area contributed by atoms with E-state index in [9.17, 15) is 0 Å². The van der Waals surface area contributed by atoms with E-state index in [1.165, 1.54) is 17.2 Å². The van der Waals surface area contributed by atoms with Crippen LogP contribution >= 0.6 is 34.8 Å². The number of hydrogen-bond acceptors (Lipinski definition) is 4. The Morgan fingerprint density at radius 3 is 2.65 bits per heavy atom. The molecule has 0 amide bonds. The Morgan fingerprint density at radius 1 is 1.10 bits per heavy atom. The molecule has 0 aliphatic carbocycles. The number of nitrogens with zero attached hydrogens (tertiary/aromatic N) is 5. The van der Waals surface area contributed by atoms with Crippen molar-refractivity contribution in [2.24, 2.45) is 0 Å². The highest BCUT2D eigenvalue weighted by atomic mass is 35.5. The molecule has 0 bridgehead atoms. The average Bonchev–Trinajstić information content (AvgIpc) is 2.86. The molecule has 0 saturated carbocycles. The zero-order valence-electron chi connectivity index (χ0n) is 9.83. The maximum atomic E-state index is 6.14. The molecule has 5 nitrogen and oxygen atoms in total. The molecule has 20 heavy (non-hydrogen) atoms. The molecule has 8 heteroatoms. The normalized spacial score (nSPS) is 10.8. The lowest BCUT2D eigenvalue weighted by Gasteiger charge is -2.10. The molecule has 2 aromatic heterocycles. The summed E-state index contributed by atoms with van der Waals surface area (Å²) in [5.41, 5.74) is 1.99. The zero-order valence-corrected chi connectivity index (χ0v) is 12.1. The first kappa shape index (κ1) is 13.3. The van der Waals surface area contributed by atoms with Crippen molar-refractivity contribution in [1.82, 2.24) is 25.0 Å². The van der Waals surface area contributed by atoms with E-state index in [2.05, 4.69) is 20.3 Å². The Morgan fingerprint density at radius 2 is 1.95 bits per heavy atom. The molecule has 0 N–H and O–H groups in total. The van der Waals surface area contributed by atoms with Gasteiger partial charge in [-0.3, -0.25) is 0 Å². The summed E-state index contributed by atoms with van der Waals surface area (Å²) < 4.78 is 1.53. The minimum Gasteiger partial charge on any atom is -0.243 e. The first-order valence-electron chi connectivity index (χ1n) is 5.49. The van der Waals surface area contributed by atoms with Crippen molar-refractivity contribution in [2.45, 2.75) is 0 Å². The van der Waals surface area contributed by atoms with Gasteiger partial charge in [-0.2, -0.15) is 0 Å². The van der Waals surface area contributed by atoms with Crippen LogP contribution in [0, 0.1) is 0 Å². The maximum Gasteiger partial charge on any atom is 0.171 e. The minimum atomic E-state index is 0.291. The Balaban J connectivity index is 2.24. The van der Waals surface area contributed by atoms with E-state index in [1.807, 2.05) is 0 Å². The molecule has 2 heterocycles. The third kappa shape index (κ3) is 2.47. The van der Waals surface area contributed by atoms with Gasteiger partial charge in [0.15, 0.2) is 5.15 Å². The predicted molar refractivity (Wildman–Crippen MR) is 77.4 cm³/mol. The average molecular weight is 327 g/mol. The van der Waals surface area contributed by atoms with Gasteiger partial charge < -0.3 is 0 Å². The van der Waals surface area contributed by atoms with Gasteiger partial charge in [-0.15, -0.1) is 5.10 Å². The highest BCUT2D eigenvalue weighted by Crippen LogP contribution is 2.32.